The normalized spacial score (nSPS) is 15.2. The topological polar surface area (TPSA) is 20.2 Å². The zero-order valence-corrected chi connectivity index (χ0v) is 12.3. The maximum Gasteiger partial charge on any atom is 0.0459 e. The fourth-order valence-electron chi connectivity index (χ4n) is 1.89. The van der Waals surface area contributed by atoms with Gasteiger partial charge in [-0.25, -0.2) is 0 Å². The zero-order valence-electron chi connectivity index (χ0n) is 12.3. The molecule has 0 saturated heterocycles. The van der Waals surface area contributed by atoms with Gasteiger partial charge in [0.1, 0.15) is 0 Å². The predicted molar refractivity (Wildman–Crippen MR) is 72.6 cm³/mol. The second-order valence-electron chi connectivity index (χ2n) is 7.60. The molecule has 0 amide bonds. The van der Waals surface area contributed by atoms with E-state index in [2.05, 4.69) is 41.5 Å². The molecule has 0 aliphatic heterocycles. The Labute approximate surface area is 103 Å². The third-order valence-corrected chi connectivity index (χ3v) is 3.10. The Morgan fingerprint density at radius 1 is 0.812 bits per heavy atom. The molecule has 1 nitrogen and oxygen atoms in total. The molecule has 16 heavy (non-hydrogen) atoms. The van der Waals surface area contributed by atoms with Crippen LogP contribution in [0.4, 0.5) is 0 Å². The molecule has 0 aromatic carbocycles. The molecule has 0 heterocycles. The summed E-state index contributed by atoms with van der Waals surface area (Å²) >= 11 is 0. The number of hydrogen-bond acceptors (Lipinski definition) is 1. The van der Waals surface area contributed by atoms with Crippen molar-refractivity contribution in [2.75, 3.05) is 6.61 Å². The Morgan fingerprint density at radius 3 is 1.69 bits per heavy atom. The van der Waals surface area contributed by atoms with E-state index >= 15 is 0 Å². The minimum Gasteiger partial charge on any atom is -0.396 e. The van der Waals surface area contributed by atoms with Crippen LogP contribution >= 0.6 is 0 Å². The molecule has 0 spiro atoms. The molecule has 1 heteroatoms. The molecule has 0 bridgehead atoms. The quantitative estimate of drug-likeness (QED) is 0.702. The number of aliphatic hydroxyl groups excluding tert-OH is 1. The SMILES string of the molecule is CC(C)(C)CCC[C@@H](CO)CCC(C)(C)C. The summed E-state index contributed by atoms with van der Waals surface area (Å²) in [7, 11) is 0. The van der Waals surface area contributed by atoms with Crippen molar-refractivity contribution >= 4 is 0 Å². The van der Waals surface area contributed by atoms with Crippen molar-refractivity contribution in [1.82, 2.24) is 0 Å². The number of rotatable bonds is 6. The minimum atomic E-state index is 0.361. The molecule has 0 rings (SSSR count). The lowest BCUT2D eigenvalue weighted by molar-refractivity contribution is 0.185. The van der Waals surface area contributed by atoms with Gasteiger partial charge in [0.05, 0.1) is 0 Å². The monoisotopic (exact) mass is 228 g/mol. The Balaban J connectivity index is 3.76. The van der Waals surface area contributed by atoms with Crippen LogP contribution in [0.1, 0.15) is 73.6 Å². The van der Waals surface area contributed by atoms with Gasteiger partial charge in [-0.1, -0.05) is 48.0 Å². The van der Waals surface area contributed by atoms with Crippen molar-refractivity contribution in [1.29, 1.82) is 0 Å². The van der Waals surface area contributed by atoms with Crippen LogP contribution in [-0.2, 0) is 0 Å². The highest BCUT2D eigenvalue weighted by molar-refractivity contribution is 4.68. The van der Waals surface area contributed by atoms with Crippen molar-refractivity contribution in [2.45, 2.75) is 73.6 Å². The smallest absolute Gasteiger partial charge is 0.0459 e. The van der Waals surface area contributed by atoms with Crippen LogP contribution < -0.4 is 0 Å². The molecule has 0 unspecified atom stereocenters. The molecule has 1 atom stereocenters. The van der Waals surface area contributed by atoms with E-state index < -0.39 is 0 Å². The van der Waals surface area contributed by atoms with Crippen molar-refractivity contribution < 1.29 is 5.11 Å². The minimum absolute atomic E-state index is 0.361. The van der Waals surface area contributed by atoms with Crippen LogP contribution in [0.5, 0.6) is 0 Å². The van der Waals surface area contributed by atoms with Crippen LogP contribution in [0.25, 0.3) is 0 Å². The summed E-state index contributed by atoms with van der Waals surface area (Å²) in [5.74, 6) is 0.515. The predicted octanol–water partition coefficient (Wildman–Crippen LogP) is 4.64. The number of hydrogen-bond donors (Lipinski definition) is 1. The fraction of sp³-hybridized carbons (Fsp3) is 1.00. The molecule has 0 aromatic heterocycles. The second-order valence-corrected chi connectivity index (χ2v) is 7.60. The van der Waals surface area contributed by atoms with E-state index in [-0.39, 0.29) is 0 Å². The van der Waals surface area contributed by atoms with Gasteiger partial charge in [0.2, 0.25) is 0 Å². The highest BCUT2D eigenvalue weighted by atomic mass is 16.3. The standard InChI is InChI=1S/C15H32O/c1-14(2,3)10-7-8-13(12-16)9-11-15(4,5)6/h13,16H,7-12H2,1-6H3/t13-/m1/s1. The average molecular weight is 228 g/mol. The molecule has 98 valence electrons. The van der Waals surface area contributed by atoms with Crippen molar-refractivity contribution in [3.05, 3.63) is 0 Å². The molecule has 0 radical (unpaired) electrons. The summed E-state index contributed by atoms with van der Waals surface area (Å²) in [5, 5.41) is 9.35. The van der Waals surface area contributed by atoms with Gasteiger partial charge >= 0.3 is 0 Å². The van der Waals surface area contributed by atoms with Crippen LogP contribution in [0, 0.1) is 16.7 Å². The average Bonchev–Trinajstić information content (AvgIpc) is 2.07. The Kier molecular flexibility index (Phi) is 6.62. The number of aliphatic hydroxyl groups is 1. The first-order valence-electron chi connectivity index (χ1n) is 6.75. The van der Waals surface area contributed by atoms with Crippen molar-refractivity contribution in [3.8, 4) is 0 Å². The summed E-state index contributed by atoms with van der Waals surface area (Å²) in [6, 6.07) is 0. The lowest BCUT2D eigenvalue weighted by atomic mass is 9.83. The van der Waals surface area contributed by atoms with E-state index in [1.807, 2.05) is 0 Å². The Bertz CT molecular complexity index is 171. The maximum atomic E-state index is 9.35. The van der Waals surface area contributed by atoms with Gasteiger partial charge in [0.15, 0.2) is 0 Å². The van der Waals surface area contributed by atoms with Crippen molar-refractivity contribution in [2.24, 2.45) is 16.7 Å². The van der Waals surface area contributed by atoms with Gasteiger partial charge in [-0.3, -0.25) is 0 Å². The van der Waals surface area contributed by atoms with E-state index in [1.54, 1.807) is 0 Å². The molecule has 0 fully saturated rings. The van der Waals surface area contributed by atoms with E-state index in [9.17, 15) is 5.11 Å². The van der Waals surface area contributed by atoms with Crippen molar-refractivity contribution in [3.63, 3.8) is 0 Å². The summed E-state index contributed by atoms with van der Waals surface area (Å²) in [5.41, 5.74) is 0.835. The first-order valence-corrected chi connectivity index (χ1v) is 6.75. The molecule has 0 aliphatic carbocycles. The van der Waals surface area contributed by atoms with E-state index in [4.69, 9.17) is 0 Å². The first kappa shape index (κ1) is 16.0. The molecular weight excluding hydrogens is 196 g/mol. The lowest BCUT2D eigenvalue weighted by Crippen LogP contribution is -2.13. The first-order chi connectivity index (χ1) is 7.14. The summed E-state index contributed by atoms with van der Waals surface area (Å²) in [4.78, 5) is 0. The van der Waals surface area contributed by atoms with Gasteiger partial charge in [-0.05, 0) is 42.4 Å². The van der Waals surface area contributed by atoms with Gasteiger partial charge in [0, 0.05) is 6.61 Å². The van der Waals surface area contributed by atoms with Gasteiger partial charge in [0.25, 0.3) is 0 Å². The zero-order chi connectivity index (χ0) is 12.8. The summed E-state index contributed by atoms with van der Waals surface area (Å²) in [6.07, 6.45) is 6.08. The highest BCUT2D eigenvalue weighted by Crippen LogP contribution is 2.28. The third kappa shape index (κ3) is 10.5. The van der Waals surface area contributed by atoms with Crippen LogP contribution in [-0.4, -0.2) is 11.7 Å². The Hall–Kier alpha value is -0.0400. The molecule has 0 saturated carbocycles. The molecule has 0 aromatic rings. The summed E-state index contributed by atoms with van der Waals surface area (Å²) in [6.45, 7) is 14.0. The van der Waals surface area contributed by atoms with Crippen LogP contribution in [0.3, 0.4) is 0 Å². The van der Waals surface area contributed by atoms with E-state index in [0.717, 1.165) is 0 Å². The van der Waals surface area contributed by atoms with E-state index in [0.29, 0.717) is 23.4 Å². The van der Waals surface area contributed by atoms with Crippen LogP contribution in [0.2, 0.25) is 0 Å². The molecule has 1 N–H and O–H groups in total. The Morgan fingerprint density at radius 2 is 1.31 bits per heavy atom. The van der Waals surface area contributed by atoms with Gasteiger partial charge in [-0.15, -0.1) is 0 Å². The van der Waals surface area contributed by atoms with Crippen LogP contribution in [0.15, 0.2) is 0 Å². The van der Waals surface area contributed by atoms with Gasteiger partial charge < -0.3 is 5.11 Å². The third-order valence-electron chi connectivity index (χ3n) is 3.10. The van der Waals surface area contributed by atoms with Gasteiger partial charge in [-0.2, -0.15) is 0 Å². The largest absolute Gasteiger partial charge is 0.396 e. The van der Waals surface area contributed by atoms with E-state index in [1.165, 1.54) is 32.1 Å². The highest BCUT2D eigenvalue weighted by Gasteiger charge is 2.16. The second kappa shape index (κ2) is 6.64. The molecule has 0 aliphatic rings. The lowest BCUT2D eigenvalue weighted by Gasteiger charge is -2.23. The molecular formula is C15H32O. The maximum absolute atomic E-state index is 9.35. The summed E-state index contributed by atoms with van der Waals surface area (Å²) < 4.78 is 0. The fourth-order valence-corrected chi connectivity index (χ4v) is 1.89.